The van der Waals surface area contributed by atoms with E-state index in [1.165, 1.54) is 30.1 Å². The number of aromatic nitrogens is 2. The van der Waals surface area contributed by atoms with Crippen molar-refractivity contribution in [1.29, 1.82) is 0 Å². The lowest BCUT2D eigenvalue weighted by Crippen LogP contribution is -2.17. The van der Waals surface area contributed by atoms with Gasteiger partial charge in [0.25, 0.3) is 5.91 Å². The van der Waals surface area contributed by atoms with Gasteiger partial charge in [-0.05, 0) is 12.1 Å². The molecule has 0 atom stereocenters. The van der Waals surface area contributed by atoms with Crippen LogP contribution >= 0.6 is 46.4 Å². The molecule has 0 saturated heterocycles. The first-order chi connectivity index (χ1) is 8.95. The van der Waals surface area contributed by atoms with Crippen LogP contribution in [-0.4, -0.2) is 22.7 Å². The van der Waals surface area contributed by atoms with E-state index in [4.69, 9.17) is 46.4 Å². The van der Waals surface area contributed by atoms with Gasteiger partial charge in [-0.15, -0.1) is 0 Å². The van der Waals surface area contributed by atoms with Crippen molar-refractivity contribution in [3.8, 4) is 5.69 Å². The highest BCUT2D eigenvalue weighted by atomic mass is 35.5. The summed E-state index contributed by atoms with van der Waals surface area (Å²) >= 11 is 24.1. The smallest absolute Gasteiger partial charge is 0.255 e. The lowest BCUT2D eigenvalue weighted by atomic mass is 10.3. The maximum absolute atomic E-state index is 11.6. The quantitative estimate of drug-likeness (QED) is 0.904. The molecule has 100 valence electrons. The molecule has 0 bridgehead atoms. The molecular formula is C11H7Cl4N3O. The molecule has 0 saturated carbocycles. The lowest BCUT2D eigenvalue weighted by Gasteiger charge is -2.09. The number of hydrogen-bond donors (Lipinski definition) is 1. The number of nitrogens with one attached hydrogen (secondary N) is 1. The second-order valence-electron chi connectivity index (χ2n) is 3.56. The minimum absolute atomic E-state index is 0.116. The Kier molecular flexibility index (Phi) is 4.26. The fourth-order valence-electron chi connectivity index (χ4n) is 1.51. The monoisotopic (exact) mass is 337 g/mol. The van der Waals surface area contributed by atoms with Crippen LogP contribution in [0.2, 0.25) is 20.2 Å². The zero-order valence-corrected chi connectivity index (χ0v) is 12.6. The number of halogens is 4. The van der Waals surface area contributed by atoms with Gasteiger partial charge in [0, 0.05) is 12.1 Å². The van der Waals surface area contributed by atoms with Gasteiger partial charge in [-0.2, -0.15) is 5.10 Å². The van der Waals surface area contributed by atoms with E-state index in [9.17, 15) is 4.79 Å². The van der Waals surface area contributed by atoms with Crippen molar-refractivity contribution in [3.63, 3.8) is 0 Å². The van der Waals surface area contributed by atoms with Crippen molar-refractivity contribution in [2.75, 3.05) is 7.05 Å². The van der Waals surface area contributed by atoms with Gasteiger partial charge in [0.1, 0.15) is 10.8 Å². The predicted molar refractivity (Wildman–Crippen MR) is 77.0 cm³/mol. The van der Waals surface area contributed by atoms with E-state index in [1.807, 2.05) is 0 Å². The molecule has 2 aromatic rings. The first-order valence-electron chi connectivity index (χ1n) is 5.06. The fourth-order valence-corrected chi connectivity index (χ4v) is 2.75. The molecule has 19 heavy (non-hydrogen) atoms. The summed E-state index contributed by atoms with van der Waals surface area (Å²) in [6.07, 6.45) is 1.34. The van der Waals surface area contributed by atoms with Gasteiger partial charge in [0.15, 0.2) is 0 Å². The average Bonchev–Trinajstić information content (AvgIpc) is 2.69. The highest BCUT2D eigenvalue weighted by Gasteiger charge is 2.19. The molecule has 0 spiro atoms. The van der Waals surface area contributed by atoms with Crippen LogP contribution in [0.1, 0.15) is 10.4 Å². The molecule has 1 heterocycles. The van der Waals surface area contributed by atoms with Gasteiger partial charge < -0.3 is 5.32 Å². The summed E-state index contributed by atoms with van der Waals surface area (Å²) < 4.78 is 1.28. The standard InChI is InChI=1S/C11H7Cl4N3O/c1-16-11(19)6-4-17-18(10(6)15)9-7(13)2-5(12)3-8(9)14/h2-4H,1H3,(H,16,19). The van der Waals surface area contributed by atoms with Gasteiger partial charge in [-0.25, -0.2) is 4.68 Å². The summed E-state index contributed by atoms with van der Waals surface area (Å²) in [5.74, 6) is -0.350. The van der Waals surface area contributed by atoms with Crippen molar-refractivity contribution >= 4 is 52.3 Å². The summed E-state index contributed by atoms with van der Waals surface area (Å²) in [5.41, 5.74) is 0.596. The lowest BCUT2D eigenvalue weighted by molar-refractivity contribution is 0.0963. The Hall–Kier alpha value is -0.940. The fraction of sp³-hybridized carbons (Fsp3) is 0.0909. The zero-order chi connectivity index (χ0) is 14.2. The number of rotatable bonds is 2. The van der Waals surface area contributed by atoms with Crippen LogP contribution in [0.25, 0.3) is 5.69 Å². The van der Waals surface area contributed by atoms with Crippen LogP contribution in [-0.2, 0) is 0 Å². The second kappa shape index (κ2) is 5.59. The number of nitrogens with zero attached hydrogens (tertiary/aromatic N) is 2. The van der Waals surface area contributed by atoms with Crippen LogP contribution in [0, 0.1) is 0 Å². The number of benzene rings is 1. The van der Waals surface area contributed by atoms with Crippen LogP contribution < -0.4 is 5.32 Å². The Bertz CT molecular complexity index is 630. The van der Waals surface area contributed by atoms with E-state index in [2.05, 4.69) is 10.4 Å². The van der Waals surface area contributed by atoms with Crippen molar-refractivity contribution < 1.29 is 4.79 Å². The first-order valence-corrected chi connectivity index (χ1v) is 6.57. The summed E-state index contributed by atoms with van der Waals surface area (Å²) in [7, 11) is 1.50. The molecular weight excluding hydrogens is 332 g/mol. The third kappa shape index (κ3) is 2.67. The number of carbonyl (C=O) groups is 1. The minimum atomic E-state index is -0.350. The molecule has 4 nitrogen and oxygen atoms in total. The molecule has 1 amide bonds. The molecule has 0 radical (unpaired) electrons. The Labute approximate surface area is 129 Å². The molecule has 0 aliphatic rings. The van der Waals surface area contributed by atoms with E-state index in [0.717, 1.165) is 0 Å². The molecule has 1 aromatic heterocycles. The summed E-state index contributed by atoms with van der Waals surface area (Å²) in [4.78, 5) is 11.6. The van der Waals surface area contributed by atoms with E-state index < -0.39 is 0 Å². The van der Waals surface area contributed by atoms with Crippen LogP contribution in [0.3, 0.4) is 0 Å². The molecule has 1 N–H and O–H groups in total. The third-order valence-corrected chi connectivity index (χ3v) is 3.53. The molecule has 0 aliphatic heterocycles. The van der Waals surface area contributed by atoms with E-state index >= 15 is 0 Å². The maximum atomic E-state index is 11.6. The highest BCUT2D eigenvalue weighted by molar-refractivity contribution is 6.41. The van der Waals surface area contributed by atoms with E-state index in [-0.39, 0.29) is 26.7 Å². The number of amides is 1. The molecule has 1 aromatic carbocycles. The van der Waals surface area contributed by atoms with Crippen LogP contribution in [0.4, 0.5) is 0 Å². The molecule has 0 aliphatic carbocycles. The summed E-state index contributed by atoms with van der Waals surface area (Å²) in [5, 5.41) is 7.56. The zero-order valence-electron chi connectivity index (χ0n) is 9.55. The predicted octanol–water partition coefficient (Wildman–Crippen LogP) is 3.85. The molecule has 0 fully saturated rings. The van der Waals surface area contributed by atoms with Crippen molar-refractivity contribution in [3.05, 3.63) is 44.1 Å². The van der Waals surface area contributed by atoms with Gasteiger partial charge in [0.2, 0.25) is 0 Å². The third-order valence-electron chi connectivity index (χ3n) is 2.38. The Morgan fingerprint density at radius 1 is 1.21 bits per heavy atom. The molecule has 0 unspecified atom stereocenters. The van der Waals surface area contributed by atoms with Gasteiger partial charge >= 0.3 is 0 Å². The largest absolute Gasteiger partial charge is 0.355 e. The van der Waals surface area contributed by atoms with Crippen molar-refractivity contribution in [1.82, 2.24) is 15.1 Å². The second-order valence-corrected chi connectivity index (χ2v) is 5.17. The summed E-state index contributed by atoms with van der Waals surface area (Å²) in [6, 6.07) is 3.03. The van der Waals surface area contributed by atoms with Crippen LogP contribution in [0.5, 0.6) is 0 Å². The Morgan fingerprint density at radius 2 is 1.79 bits per heavy atom. The SMILES string of the molecule is CNC(=O)c1cnn(-c2c(Cl)cc(Cl)cc2Cl)c1Cl. The van der Waals surface area contributed by atoms with Gasteiger partial charge in [0.05, 0.1) is 21.8 Å². The Morgan fingerprint density at radius 3 is 2.32 bits per heavy atom. The maximum Gasteiger partial charge on any atom is 0.255 e. The summed E-state index contributed by atoms with van der Waals surface area (Å²) in [6.45, 7) is 0. The van der Waals surface area contributed by atoms with Crippen molar-refractivity contribution in [2.45, 2.75) is 0 Å². The topological polar surface area (TPSA) is 46.9 Å². The van der Waals surface area contributed by atoms with E-state index in [0.29, 0.717) is 10.7 Å². The van der Waals surface area contributed by atoms with Crippen molar-refractivity contribution in [2.24, 2.45) is 0 Å². The van der Waals surface area contributed by atoms with Gasteiger partial charge in [-0.1, -0.05) is 46.4 Å². The number of carbonyl (C=O) groups excluding carboxylic acids is 1. The molecule has 8 heteroatoms. The number of hydrogen-bond acceptors (Lipinski definition) is 2. The average molecular weight is 339 g/mol. The van der Waals surface area contributed by atoms with Gasteiger partial charge in [-0.3, -0.25) is 4.79 Å². The molecule has 2 rings (SSSR count). The minimum Gasteiger partial charge on any atom is -0.355 e. The van der Waals surface area contributed by atoms with Crippen LogP contribution in [0.15, 0.2) is 18.3 Å². The normalized spacial score (nSPS) is 10.6. The highest BCUT2D eigenvalue weighted by Crippen LogP contribution is 2.34. The first kappa shape index (κ1) is 14.5. The Balaban J connectivity index is 2.61. The van der Waals surface area contributed by atoms with E-state index in [1.54, 1.807) is 0 Å².